The maximum atomic E-state index is 13.3. The van der Waals surface area contributed by atoms with E-state index in [4.69, 9.17) is 4.74 Å². The Morgan fingerprint density at radius 1 is 1.00 bits per heavy atom. The van der Waals surface area contributed by atoms with Gasteiger partial charge >= 0.3 is 6.09 Å². The maximum absolute atomic E-state index is 13.3. The highest BCUT2D eigenvalue weighted by Gasteiger charge is 2.67. The van der Waals surface area contributed by atoms with Gasteiger partial charge in [-0.3, -0.25) is 0 Å². The topological polar surface area (TPSA) is 49.8 Å². The Bertz CT molecular complexity index is 1010. The van der Waals surface area contributed by atoms with Crippen molar-refractivity contribution < 1.29 is 14.6 Å². The van der Waals surface area contributed by atoms with Gasteiger partial charge in [0.1, 0.15) is 5.60 Å². The number of fused-ring (bicyclic) bond motifs is 8. The minimum atomic E-state index is -0.319. The molecule has 4 nitrogen and oxygen atoms in total. The second-order valence-corrected chi connectivity index (χ2v) is 14.7. The van der Waals surface area contributed by atoms with Crippen LogP contribution in [-0.2, 0) is 4.74 Å². The zero-order valence-electron chi connectivity index (χ0n) is 22.3. The van der Waals surface area contributed by atoms with Crippen LogP contribution < -0.4 is 0 Å². The lowest BCUT2D eigenvalue weighted by Gasteiger charge is -2.60. The summed E-state index contributed by atoms with van der Waals surface area (Å²) >= 11 is 0. The number of hydrogen-bond donors (Lipinski definition) is 1. The van der Waals surface area contributed by atoms with Crippen LogP contribution in [0.15, 0.2) is 23.3 Å². The van der Waals surface area contributed by atoms with Gasteiger partial charge in [-0.1, -0.05) is 51.0 Å². The van der Waals surface area contributed by atoms with Crippen molar-refractivity contribution in [1.29, 1.82) is 0 Å². The number of hydrogen-bond acceptors (Lipinski definition) is 3. The van der Waals surface area contributed by atoms with E-state index in [-0.39, 0.29) is 28.6 Å². The zero-order chi connectivity index (χ0) is 24.4. The summed E-state index contributed by atoms with van der Waals surface area (Å²) in [4.78, 5) is 15.4. The summed E-state index contributed by atoms with van der Waals surface area (Å²) in [5.74, 6) is 3.42. The van der Waals surface area contributed by atoms with Crippen LogP contribution in [0, 0.1) is 45.8 Å². The minimum Gasteiger partial charge on any atom is -0.440 e. The molecule has 0 aromatic carbocycles. The second-order valence-electron chi connectivity index (χ2n) is 14.7. The lowest BCUT2D eigenvalue weighted by Crippen LogP contribution is -2.55. The van der Waals surface area contributed by atoms with Gasteiger partial charge in [-0.25, -0.2) is 4.79 Å². The molecule has 1 spiro atoms. The summed E-state index contributed by atoms with van der Waals surface area (Å²) in [7, 11) is 0. The summed E-state index contributed by atoms with van der Waals surface area (Å²) < 4.78 is 6.47. The standard InChI is InChI=1S/C31H45NO3/c1-28(2)20-6-5-19(26(28)16-20)17-32-18-31(35-27(32)34)14-11-25-23-8-7-21-15-22(33)9-12-29(21,3)24(23)10-13-30(25,31)4/h7-8,19-20,22,24-26,33H,5-6,9-18H2,1-4H3/t19-,20-,22-,24-,25-,26-,29-,30-,31+/m0/s1. The molecule has 192 valence electrons. The van der Waals surface area contributed by atoms with Crippen molar-refractivity contribution in [3.63, 3.8) is 0 Å². The molecule has 1 heterocycles. The predicted molar refractivity (Wildman–Crippen MR) is 137 cm³/mol. The van der Waals surface area contributed by atoms with E-state index in [2.05, 4.69) is 44.7 Å². The summed E-state index contributed by atoms with van der Waals surface area (Å²) in [5, 5.41) is 10.3. The second kappa shape index (κ2) is 7.17. The molecule has 8 rings (SSSR count). The van der Waals surface area contributed by atoms with E-state index in [1.807, 2.05) is 0 Å². The van der Waals surface area contributed by atoms with Crippen molar-refractivity contribution in [3.05, 3.63) is 23.3 Å². The molecule has 6 saturated carbocycles. The third-order valence-electron chi connectivity index (χ3n) is 13.3. The summed E-state index contributed by atoms with van der Waals surface area (Å²) in [6, 6.07) is 0. The first-order chi connectivity index (χ1) is 16.6. The largest absolute Gasteiger partial charge is 0.440 e. The van der Waals surface area contributed by atoms with E-state index < -0.39 is 0 Å². The van der Waals surface area contributed by atoms with Crippen LogP contribution in [0.2, 0.25) is 0 Å². The first kappa shape index (κ1) is 22.9. The molecule has 1 saturated heterocycles. The molecule has 0 unspecified atom stereocenters. The Morgan fingerprint density at radius 3 is 2.57 bits per heavy atom. The minimum absolute atomic E-state index is 0.0308. The smallest absolute Gasteiger partial charge is 0.410 e. The molecule has 4 heteroatoms. The molecule has 2 bridgehead atoms. The van der Waals surface area contributed by atoms with Gasteiger partial charge in [0.05, 0.1) is 12.6 Å². The third-order valence-corrected chi connectivity index (χ3v) is 13.3. The molecule has 0 aromatic heterocycles. The molecule has 1 amide bonds. The average molecular weight is 480 g/mol. The van der Waals surface area contributed by atoms with Gasteiger partial charge in [0.15, 0.2) is 0 Å². The lowest BCUT2D eigenvalue weighted by atomic mass is 9.45. The van der Waals surface area contributed by atoms with Gasteiger partial charge in [0.2, 0.25) is 0 Å². The highest BCUT2D eigenvalue weighted by Crippen LogP contribution is 2.68. The number of amides is 1. The van der Waals surface area contributed by atoms with Crippen LogP contribution in [0.5, 0.6) is 0 Å². The molecule has 7 fully saturated rings. The number of rotatable bonds is 2. The number of carbonyl (C=O) groups is 1. The lowest BCUT2D eigenvalue weighted by molar-refractivity contribution is -0.109. The fraction of sp³-hybridized carbons (Fsp3) is 0.839. The number of aliphatic hydroxyl groups is 1. The van der Waals surface area contributed by atoms with E-state index in [0.717, 1.165) is 63.5 Å². The quantitative estimate of drug-likeness (QED) is 0.492. The van der Waals surface area contributed by atoms with Crippen LogP contribution in [0.3, 0.4) is 0 Å². The van der Waals surface area contributed by atoms with Crippen molar-refractivity contribution >= 4 is 6.09 Å². The summed E-state index contributed by atoms with van der Waals surface area (Å²) in [6.45, 7) is 11.5. The average Bonchev–Trinajstić information content (AvgIpc) is 3.29. The van der Waals surface area contributed by atoms with Crippen LogP contribution in [0.25, 0.3) is 0 Å². The van der Waals surface area contributed by atoms with E-state index in [9.17, 15) is 9.90 Å². The Balaban J connectivity index is 1.13. The number of aliphatic hydroxyl groups excluding tert-OH is 1. The van der Waals surface area contributed by atoms with Gasteiger partial charge in [-0.15, -0.1) is 0 Å². The fourth-order valence-corrected chi connectivity index (χ4v) is 10.7. The Morgan fingerprint density at radius 2 is 1.80 bits per heavy atom. The van der Waals surface area contributed by atoms with Gasteiger partial charge in [-0.05, 0) is 105 Å². The first-order valence-corrected chi connectivity index (χ1v) is 14.6. The Hall–Kier alpha value is -1.29. The molecule has 9 atom stereocenters. The molecule has 8 aliphatic rings. The molecule has 1 N–H and O–H groups in total. The van der Waals surface area contributed by atoms with Crippen LogP contribution in [0.1, 0.15) is 91.9 Å². The SMILES string of the molecule is CC1(C)[C@H]2CC[C@@H](CN3C[C@@]4(CC[C@H]5C6=CC=C7C[C@@H](O)CC[C@]7(C)[C@H]6CC[C@@]54C)OC3=O)[C@@H]1C2. The van der Waals surface area contributed by atoms with Crippen LogP contribution >= 0.6 is 0 Å². The van der Waals surface area contributed by atoms with Crippen molar-refractivity contribution in [1.82, 2.24) is 4.90 Å². The predicted octanol–water partition coefficient (Wildman–Crippen LogP) is 6.49. The van der Waals surface area contributed by atoms with Crippen LogP contribution in [-0.4, -0.2) is 40.9 Å². The molecule has 7 aliphatic carbocycles. The molecule has 1 aliphatic heterocycles. The van der Waals surface area contributed by atoms with Gasteiger partial charge in [0, 0.05) is 12.0 Å². The number of carbonyl (C=O) groups excluding carboxylic acids is 1. The van der Waals surface area contributed by atoms with Gasteiger partial charge in [-0.2, -0.15) is 0 Å². The Labute approximate surface area is 211 Å². The summed E-state index contributed by atoms with van der Waals surface area (Å²) in [5.41, 5.74) is 3.46. The molecule has 35 heavy (non-hydrogen) atoms. The number of ether oxygens (including phenoxy) is 1. The number of nitrogens with zero attached hydrogens (tertiary/aromatic N) is 1. The first-order valence-electron chi connectivity index (χ1n) is 14.6. The van der Waals surface area contributed by atoms with E-state index >= 15 is 0 Å². The number of allylic oxidation sites excluding steroid dienone is 3. The highest BCUT2D eigenvalue weighted by molar-refractivity contribution is 5.71. The molecular weight excluding hydrogens is 434 g/mol. The normalized spacial score (nSPS) is 51.6. The van der Waals surface area contributed by atoms with Crippen molar-refractivity contribution in [3.8, 4) is 0 Å². The van der Waals surface area contributed by atoms with Crippen LogP contribution in [0.4, 0.5) is 4.79 Å². The molecule has 0 radical (unpaired) electrons. The van der Waals surface area contributed by atoms with E-state index in [1.54, 1.807) is 5.57 Å². The van der Waals surface area contributed by atoms with Gasteiger partial charge < -0.3 is 14.7 Å². The van der Waals surface area contributed by atoms with Crippen molar-refractivity contribution in [2.24, 2.45) is 45.8 Å². The molecule has 0 aromatic rings. The monoisotopic (exact) mass is 479 g/mol. The Kier molecular flexibility index (Phi) is 4.69. The van der Waals surface area contributed by atoms with Gasteiger partial charge in [0.25, 0.3) is 0 Å². The van der Waals surface area contributed by atoms with Crippen molar-refractivity contribution in [2.75, 3.05) is 13.1 Å². The van der Waals surface area contributed by atoms with E-state index in [0.29, 0.717) is 23.2 Å². The third kappa shape index (κ3) is 2.87. The van der Waals surface area contributed by atoms with Crippen molar-refractivity contribution in [2.45, 2.75) is 104 Å². The summed E-state index contributed by atoms with van der Waals surface area (Å²) in [6.07, 6.45) is 15.9. The van der Waals surface area contributed by atoms with E-state index in [1.165, 1.54) is 31.3 Å². The zero-order valence-corrected chi connectivity index (χ0v) is 22.3. The maximum Gasteiger partial charge on any atom is 0.410 e. The fourth-order valence-electron chi connectivity index (χ4n) is 10.7. The highest BCUT2D eigenvalue weighted by atomic mass is 16.6. The molecular formula is C31H45NO3.